The smallest absolute Gasteiger partial charge is 0.254 e. The van der Waals surface area contributed by atoms with Gasteiger partial charge in [0.1, 0.15) is 0 Å². The summed E-state index contributed by atoms with van der Waals surface area (Å²) in [6, 6.07) is 20.0. The second-order valence-corrected chi connectivity index (χ2v) is 7.17. The van der Waals surface area contributed by atoms with E-state index < -0.39 is 0 Å². The van der Waals surface area contributed by atoms with E-state index in [4.69, 9.17) is 11.6 Å². The molecule has 0 atom stereocenters. The van der Waals surface area contributed by atoms with E-state index in [2.05, 4.69) is 11.8 Å². The topological polar surface area (TPSA) is 23.6 Å². The highest BCUT2D eigenvalue weighted by Gasteiger charge is 2.24. The highest BCUT2D eigenvalue weighted by molar-refractivity contribution is 6.30. The molecule has 132 valence electrons. The fourth-order valence-corrected chi connectivity index (χ4v) is 3.82. The molecule has 1 amide bonds. The summed E-state index contributed by atoms with van der Waals surface area (Å²) in [5.74, 6) is 0.115. The van der Waals surface area contributed by atoms with Crippen LogP contribution in [0.1, 0.15) is 15.9 Å². The number of carbonyl (C=O) groups is 1. The van der Waals surface area contributed by atoms with Crippen LogP contribution in [0.5, 0.6) is 0 Å². The summed E-state index contributed by atoms with van der Waals surface area (Å²) in [4.78, 5) is 17.3. The summed E-state index contributed by atoms with van der Waals surface area (Å²) < 4.78 is 0. The molecule has 1 aliphatic heterocycles. The fourth-order valence-electron chi connectivity index (χ4n) is 3.66. The first kappa shape index (κ1) is 16.9. The van der Waals surface area contributed by atoms with E-state index >= 15 is 0 Å². The number of benzene rings is 3. The summed E-state index contributed by atoms with van der Waals surface area (Å²) in [6.45, 7) is 5.16. The van der Waals surface area contributed by atoms with Crippen molar-refractivity contribution in [1.29, 1.82) is 0 Å². The minimum Gasteiger partial charge on any atom is -0.368 e. The van der Waals surface area contributed by atoms with Crippen molar-refractivity contribution >= 4 is 34.0 Å². The van der Waals surface area contributed by atoms with Crippen molar-refractivity contribution in [2.75, 3.05) is 31.1 Å². The number of hydrogen-bond donors (Lipinski definition) is 0. The highest BCUT2D eigenvalue weighted by atomic mass is 35.5. The average Bonchev–Trinajstić information content (AvgIpc) is 2.69. The zero-order valence-corrected chi connectivity index (χ0v) is 15.5. The number of anilines is 1. The van der Waals surface area contributed by atoms with E-state index in [1.807, 2.05) is 65.6 Å². The molecule has 0 radical (unpaired) electrons. The van der Waals surface area contributed by atoms with Crippen molar-refractivity contribution in [3.8, 4) is 0 Å². The third-order valence-electron chi connectivity index (χ3n) is 5.10. The third-order valence-corrected chi connectivity index (χ3v) is 5.33. The number of nitrogens with zero attached hydrogens (tertiary/aromatic N) is 2. The van der Waals surface area contributed by atoms with Crippen molar-refractivity contribution in [2.24, 2.45) is 0 Å². The molecule has 0 N–H and O–H groups in total. The molecule has 4 heteroatoms. The van der Waals surface area contributed by atoms with Gasteiger partial charge in [0.15, 0.2) is 0 Å². The van der Waals surface area contributed by atoms with E-state index in [1.54, 1.807) is 0 Å². The molecule has 3 nitrogen and oxygen atoms in total. The van der Waals surface area contributed by atoms with Gasteiger partial charge in [0.25, 0.3) is 5.91 Å². The largest absolute Gasteiger partial charge is 0.368 e. The average molecular weight is 365 g/mol. The van der Waals surface area contributed by atoms with Crippen LogP contribution < -0.4 is 4.90 Å². The third kappa shape index (κ3) is 3.15. The minimum atomic E-state index is 0.115. The van der Waals surface area contributed by atoms with Gasteiger partial charge in [-0.25, -0.2) is 0 Å². The molecule has 1 saturated heterocycles. The van der Waals surface area contributed by atoms with Crippen LogP contribution in [0.15, 0.2) is 60.7 Å². The molecular weight excluding hydrogens is 344 g/mol. The Hall–Kier alpha value is -2.52. The first-order valence-corrected chi connectivity index (χ1v) is 9.29. The summed E-state index contributed by atoms with van der Waals surface area (Å²) in [7, 11) is 0. The number of piperazine rings is 1. The number of aryl methyl sites for hydroxylation is 1. The number of halogens is 1. The van der Waals surface area contributed by atoms with Gasteiger partial charge in [0.05, 0.1) is 0 Å². The molecule has 4 rings (SSSR count). The number of hydrogen-bond acceptors (Lipinski definition) is 2. The Labute approximate surface area is 158 Å². The summed E-state index contributed by atoms with van der Waals surface area (Å²) in [5.41, 5.74) is 3.16. The molecule has 0 aromatic heterocycles. The first-order valence-electron chi connectivity index (χ1n) is 8.91. The lowest BCUT2D eigenvalue weighted by atomic mass is 10.0. The maximum Gasteiger partial charge on any atom is 0.254 e. The molecule has 0 saturated carbocycles. The van der Waals surface area contributed by atoms with Gasteiger partial charge in [-0.05, 0) is 41.5 Å². The lowest BCUT2D eigenvalue weighted by Crippen LogP contribution is -2.49. The van der Waals surface area contributed by atoms with Crippen molar-refractivity contribution in [2.45, 2.75) is 6.92 Å². The van der Waals surface area contributed by atoms with Crippen LogP contribution in [0.3, 0.4) is 0 Å². The van der Waals surface area contributed by atoms with Crippen LogP contribution in [0.4, 0.5) is 5.69 Å². The van der Waals surface area contributed by atoms with Gasteiger partial charge in [-0.2, -0.15) is 0 Å². The van der Waals surface area contributed by atoms with Crippen LogP contribution >= 0.6 is 11.6 Å². The molecule has 1 fully saturated rings. The van der Waals surface area contributed by atoms with Crippen LogP contribution in [0.2, 0.25) is 5.02 Å². The van der Waals surface area contributed by atoms with Crippen LogP contribution in [-0.2, 0) is 0 Å². The Bertz CT molecular complexity index is 956. The molecule has 3 aromatic rings. The Morgan fingerprint density at radius 2 is 1.65 bits per heavy atom. The Morgan fingerprint density at radius 3 is 2.46 bits per heavy atom. The van der Waals surface area contributed by atoms with Crippen molar-refractivity contribution < 1.29 is 4.79 Å². The summed E-state index contributed by atoms with van der Waals surface area (Å²) >= 11 is 6.16. The molecule has 0 spiro atoms. The Kier molecular flexibility index (Phi) is 4.56. The van der Waals surface area contributed by atoms with E-state index in [0.29, 0.717) is 13.1 Å². The second-order valence-electron chi connectivity index (χ2n) is 6.74. The van der Waals surface area contributed by atoms with Crippen molar-refractivity contribution in [3.05, 3.63) is 76.8 Å². The van der Waals surface area contributed by atoms with Crippen molar-refractivity contribution in [1.82, 2.24) is 4.90 Å². The van der Waals surface area contributed by atoms with Gasteiger partial charge in [-0.1, -0.05) is 54.1 Å². The quantitative estimate of drug-likeness (QED) is 0.654. The molecule has 1 aliphatic rings. The molecule has 0 aliphatic carbocycles. The molecule has 0 unspecified atom stereocenters. The number of fused-ring (bicyclic) bond motifs is 1. The number of carbonyl (C=O) groups excluding carboxylic acids is 1. The fraction of sp³-hybridized carbons (Fsp3) is 0.227. The van der Waals surface area contributed by atoms with Gasteiger partial charge >= 0.3 is 0 Å². The second kappa shape index (κ2) is 7.00. The minimum absolute atomic E-state index is 0.115. The van der Waals surface area contributed by atoms with Gasteiger partial charge < -0.3 is 9.80 Å². The number of rotatable bonds is 2. The zero-order chi connectivity index (χ0) is 18.1. The van der Waals surface area contributed by atoms with Gasteiger partial charge in [0, 0.05) is 42.5 Å². The predicted molar refractivity (Wildman–Crippen MR) is 108 cm³/mol. The summed E-state index contributed by atoms with van der Waals surface area (Å²) in [6.07, 6.45) is 0. The first-order chi connectivity index (χ1) is 12.6. The lowest BCUT2D eigenvalue weighted by molar-refractivity contribution is 0.0749. The number of amides is 1. The van der Waals surface area contributed by atoms with E-state index in [1.165, 1.54) is 5.56 Å². The van der Waals surface area contributed by atoms with Crippen LogP contribution in [0.25, 0.3) is 10.8 Å². The van der Waals surface area contributed by atoms with Crippen LogP contribution in [-0.4, -0.2) is 37.0 Å². The standard InChI is InChI=1S/C22H21ClN2O/c1-16-9-10-18(23)15-21(16)24-11-13-25(14-12-24)22(26)20-8-4-6-17-5-2-3-7-19(17)20/h2-10,15H,11-14H2,1H3. The maximum absolute atomic E-state index is 13.1. The SMILES string of the molecule is Cc1ccc(Cl)cc1N1CCN(C(=O)c2cccc3ccccc23)CC1. The Balaban J connectivity index is 1.52. The zero-order valence-electron chi connectivity index (χ0n) is 14.8. The molecule has 1 heterocycles. The van der Waals surface area contributed by atoms with E-state index in [9.17, 15) is 4.79 Å². The monoisotopic (exact) mass is 364 g/mol. The normalized spacial score (nSPS) is 14.7. The van der Waals surface area contributed by atoms with E-state index in [-0.39, 0.29) is 5.91 Å². The molecule has 0 bridgehead atoms. The highest BCUT2D eigenvalue weighted by Crippen LogP contribution is 2.26. The van der Waals surface area contributed by atoms with Gasteiger partial charge in [-0.15, -0.1) is 0 Å². The molecule has 26 heavy (non-hydrogen) atoms. The van der Waals surface area contributed by atoms with Gasteiger partial charge in [-0.3, -0.25) is 4.79 Å². The molecule has 3 aromatic carbocycles. The summed E-state index contributed by atoms with van der Waals surface area (Å²) in [5, 5.41) is 2.87. The van der Waals surface area contributed by atoms with Crippen molar-refractivity contribution in [3.63, 3.8) is 0 Å². The maximum atomic E-state index is 13.1. The van der Waals surface area contributed by atoms with Gasteiger partial charge in [0.2, 0.25) is 0 Å². The van der Waals surface area contributed by atoms with E-state index in [0.717, 1.165) is 40.1 Å². The van der Waals surface area contributed by atoms with Crippen LogP contribution in [0, 0.1) is 6.92 Å². The predicted octanol–water partition coefficient (Wildman–Crippen LogP) is 4.76. The Morgan fingerprint density at radius 1 is 0.923 bits per heavy atom. The lowest BCUT2D eigenvalue weighted by Gasteiger charge is -2.37. The molecular formula is C22H21ClN2O.